The Morgan fingerprint density at radius 3 is 2.72 bits per heavy atom. The maximum absolute atomic E-state index is 8.91. The third-order valence-electron chi connectivity index (χ3n) is 2.49. The van der Waals surface area contributed by atoms with Crippen LogP contribution in [-0.2, 0) is 13.2 Å². The molecular weight excluding hydrogens is 298 g/mol. The van der Waals surface area contributed by atoms with Crippen molar-refractivity contribution in [3.63, 3.8) is 0 Å². The number of aliphatic hydroxyl groups excluding tert-OH is 1. The van der Waals surface area contributed by atoms with Crippen molar-refractivity contribution >= 4 is 21.6 Å². The van der Waals surface area contributed by atoms with Gasteiger partial charge in [0.25, 0.3) is 0 Å². The molecule has 0 saturated heterocycles. The fourth-order valence-electron chi connectivity index (χ4n) is 1.60. The third-order valence-corrected chi connectivity index (χ3v) is 2.98. The highest BCUT2D eigenvalue weighted by Gasteiger charge is 2.05. The molecule has 0 fully saturated rings. The number of ether oxygens (including phenoxy) is 1. The number of hydrogen-bond donors (Lipinski definition) is 2. The molecule has 1 heterocycles. The second-order valence-electron chi connectivity index (χ2n) is 3.72. The van der Waals surface area contributed by atoms with Crippen LogP contribution in [0.15, 0.2) is 39.2 Å². The van der Waals surface area contributed by atoms with Crippen molar-refractivity contribution < 1.29 is 14.3 Å². The molecule has 0 aliphatic rings. The van der Waals surface area contributed by atoms with E-state index < -0.39 is 0 Å². The molecule has 0 aliphatic heterocycles. The highest BCUT2D eigenvalue weighted by atomic mass is 79.9. The Balaban J connectivity index is 2.07. The van der Waals surface area contributed by atoms with Crippen LogP contribution in [0.25, 0.3) is 0 Å². The molecule has 2 aromatic rings. The number of benzene rings is 1. The van der Waals surface area contributed by atoms with E-state index in [9.17, 15) is 0 Å². The summed E-state index contributed by atoms with van der Waals surface area (Å²) in [6.45, 7) is 0.451. The summed E-state index contributed by atoms with van der Waals surface area (Å²) in [6, 6.07) is 9.33. The van der Waals surface area contributed by atoms with E-state index in [-0.39, 0.29) is 6.61 Å². The predicted molar refractivity (Wildman–Crippen MR) is 72.7 cm³/mol. The fourth-order valence-corrected chi connectivity index (χ4v) is 1.96. The van der Waals surface area contributed by atoms with E-state index in [1.807, 2.05) is 24.3 Å². The number of methoxy groups -OCH3 is 1. The summed E-state index contributed by atoms with van der Waals surface area (Å²) < 4.78 is 11.6. The van der Waals surface area contributed by atoms with Gasteiger partial charge in [-0.25, -0.2) is 0 Å². The molecule has 5 heteroatoms. The molecule has 0 spiro atoms. The van der Waals surface area contributed by atoms with Crippen LogP contribution in [0.4, 0.5) is 5.69 Å². The van der Waals surface area contributed by atoms with Crippen LogP contribution in [-0.4, -0.2) is 12.2 Å². The van der Waals surface area contributed by atoms with Crippen molar-refractivity contribution in [1.29, 1.82) is 0 Å². The Morgan fingerprint density at radius 1 is 1.28 bits per heavy atom. The van der Waals surface area contributed by atoms with Gasteiger partial charge in [-0.1, -0.05) is 15.9 Å². The lowest BCUT2D eigenvalue weighted by Gasteiger charge is -2.10. The molecule has 0 aliphatic carbocycles. The Bertz CT molecular complexity index is 525. The lowest BCUT2D eigenvalue weighted by atomic mass is 10.3. The van der Waals surface area contributed by atoms with Gasteiger partial charge in [-0.3, -0.25) is 0 Å². The molecule has 0 radical (unpaired) electrons. The van der Waals surface area contributed by atoms with Crippen LogP contribution < -0.4 is 10.1 Å². The van der Waals surface area contributed by atoms with E-state index in [0.29, 0.717) is 12.3 Å². The Labute approximate surface area is 114 Å². The maximum Gasteiger partial charge on any atom is 0.142 e. The first-order chi connectivity index (χ1) is 8.72. The molecular formula is C13H14BrNO3. The first-order valence-electron chi connectivity index (χ1n) is 5.49. The van der Waals surface area contributed by atoms with Gasteiger partial charge >= 0.3 is 0 Å². The van der Waals surface area contributed by atoms with Crippen LogP contribution >= 0.6 is 15.9 Å². The minimum atomic E-state index is -0.0831. The molecule has 96 valence electrons. The van der Waals surface area contributed by atoms with E-state index in [4.69, 9.17) is 14.3 Å². The quantitative estimate of drug-likeness (QED) is 0.890. The standard InChI is InChI=1S/C13H14BrNO3/c1-17-13-5-2-9(14)6-12(13)15-7-10-3-4-11(8-16)18-10/h2-6,15-16H,7-8H2,1H3. The minimum absolute atomic E-state index is 0.0831. The molecule has 4 nitrogen and oxygen atoms in total. The molecule has 2 N–H and O–H groups in total. The Morgan fingerprint density at radius 2 is 2.06 bits per heavy atom. The van der Waals surface area contributed by atoms with Gasteiger partial charge in [0, 0.05) is 4.47 Å². The number of halogens is 1. The second kappa shape index (κ2) is 5.93. The van der Waals surface area contributed by atoms with E-state index in [1.54, 1.807) is 13.2 Å². The highest BCUT2D eigenvalue weighted by Crippen LogP contribution is 2.28. The molecule has 0 amide bonds. The highest BCUT2D eigenvalue weighted by molar-refractivity contribution is 9.10. The molecule has 1 aromatic heterocycles. The molecule has 2 rings (SSSR count). The Kier molecular flexibility index (Phi) is 4.28. The van der Waals surface area contributed by atoms with Crippen molar-refractivity contribution in [3.8, 4) is 5.75 Å². The molecule has 0 atom stereocenters. The monoisotopic (exact) mass is 311 g/mol. The van der Waals surface area contributed by atoms with Gasteiger partial charge in [-0.15, -0.1) is 0 Å². The number of furan rings is 1. The van der Waals surface area contributed by atoms with Crippen molar-refractivity contribution in [1.82, 2.24) is 0 Å². The van der Waals surface area contributed by atoms with Crippen LogP contribution in [0.5, 0.6) is 5.75 Å². The van der Waals surface area contributed by atoms with Crippen LogP contribution in [0.2, 0.25) is 0 Å². The zero-order valence-corrected chi connectivity index (χ0v) is 11.5. The summed E-state index contributed by atoms with van der Waals surface area (Å²) in [4.78, 5) is 0. The predicted octanol–water partition coefficient (Wildman–Crippen LogP) is 3.16. The van der Waals surface area contributed by atoms with Gasteiger partial charge in [-0.05, 0) is 30.3 Å². The van der Waals surface area contributed by atoms with E-state index in [2.05, 4.69) is 21.2 Å². The molecule has 18 heavy (non-hydrogen) atoms. The average Bonchev–Trinajstić information content (AvgIpc) is 2.84. The number of hydrogen-bond acceptors (Lipinski definition) is 4. The van der Waals surface area contributed by atoms with Crippen molar-refractivity contribution in [2.24, 2.45) is 0 Å². The summed E-state index contributed by atoms with van der Waals surface area (Å²) in [7, 11) is 1.63. The van der Waals surface area contributed by atoms with Crippen molar-refractivity contribution in [2.75, 3.05) is 12.4 Å². The van der Waals surface area contributed by atoms with Crippen molar-refractivity contribution in [2.45, 2.75) is 13.2 Å². The van der Waals surface area contributed by atoms with Gasteiger partial charge in [0.1, 0.15) is 23.9 Å². The largest absolute Gasteiger partial charge is 0.495 e. The third kappa shape index (κ3) is 3.05. The lowest BCUT2D eigenvalue weighted by molar-refractivity contribution is 0.244. The summed E-state index contributed by atoms with van der Waals surface area (Å²) in [5, 5.41) is 12.1. The van der Waals surface area contributed by atoms with Gasteiger partial charge < -0.3 is 19.6 Å². The Hall–Kier alpha value is -1.46. The van der Waals surface area contributed by atoms with Crippen molar-refractivity contribution in [3.05, 3.63) is 46.3 Å². The first-order valence-corrected chi connectivity index (χ1v) is 6.28. The summed E-state index contributed by atoms with van der Waals surface area (Å²) in [6.07, 6.45) is 0. The van der Waals surface area contributed by atoms with Gasteiger partial charge in [0.05, 0.1) is 19.3 Å². The SMILES string of the molecule is COc1ccc(Br)cc1NCc1ccc(CO)o1. The van der Waals surface area contributed by atoms with Gasteiger partial charge in [0.15, 0.2) is 0 Å². The average molecular weight is 312 g/mol. The number of anilines is 1. The summed E-state index contributed by atoms with van der Waals surface area (Å²) >= 11 is 3.41. The van der Waals surface area contributed by atoms with Gasteiger partial charge in [-0.2, -0.15) is 0 Å². The smallest absolute Gasteiger partial charge is 0.142 e. The first kappa shape index (κ1) is 13.0. The molecule has 0 bridgehead atoms. The fraction of sp³-hybridized carbons (Fsp3) is 0.231. The minimum Gasteiger partial charge on any atom is -0.495 e. The normalized spacial score (nSPS) is 10.4. The zero-order valence-electron chi connectivity index (χ0n) is 9.94. The second-order valence-corrected chi connectivity index (χ2v) is 4.64. The molecule has 1 aromatic carbocycles. The van der Waals surface area contributed by atoms with E-state index in [1.165, 1.54) is 0 Å². The van der Waals surface area contributed by atoms with Gasteiger partial charge in [0.2, 0.25) is 0 Å². The summed E-state index contributed by atoms with van der Waals surface area (Å²) in [5.74, 6) is 2.10. The van der Waals surface area contributed by atoms with E-state index >= 15 is 0 Å². The summed E-state index contributed by atoms with van der Waals surface area (Å²) in [5.41, 5.74) is 0.883. The topological polar surface area (TPSA) is 54.6 Å². The van der Waals surface area contributed by atoms with Crippen LogP contribution in [0, 0.1) is 0 Å². The van der Waals surface area contributed by atoms with Crippen LogP contribution in [0.1, 0.15) is 11.5 Å². The number of aliphatic hydroxyl groups is 1. The molecule has 0 unspecified atom stereocenters. The van der Waals surface area contributed by atoms with E-state index in [0.717, 1.165) is 21.7 Å². The lowest BCUT2D eigenvalue weighted by Crippen LogP contribution is -2.00. The number of rotatable bonds is 5. The van der Waals surface area contributed by atoms with Crippen LogP contribution in [0.3, 0.4) is 0 Å². The molecule has 0 saturated carbocycles. The number of nitrogens with one attached hydrogen (secondary N) is 1. The maximum atomic E-state index is 8.91. The zero-order chi connectivity index (χ0) is 13.0.